The molecule has 0 aliphatic rings. The number of aryl methyl sites for hydroxylation is 2. The van der Waals surface area contributed by atoms with E-state index in [9.17, 15) is 4.79 Å². The van der Waals surface area contributed by atoms with Crippen molar-refractivity contribution in [2.45, 2.75) is 33.9 Å². The zero-order chi connectivity index (χ0) is 19.4. The number of rotatable bonds is 5. The van der Waals surface area contributed by atoms with Crippen LogP contribution in [0.5, 0.6) is 0 Å². The number of anilines is 1. The molecule has 140 valence electrons. The van der Waals surface area contributed by atoms with E-state index in [0.717, 1.165) is 17.8 Å². The van der Waals surface area contributed by atoms with Crippen molar-refractivity contribution in [2.24, 2.45) is 0 Å². The van der Waals surface area contributed by atoms with Gasteiger partial charge in [0.2, 0.25) is 0 Å². The van der Waals surface area contributed by atoms with Crippen molar-refractivity contribution in [1.29, 1.82) is 0 Å². The van der Waals surface area contributed by atoms with Crippen molar-refractivity contribution in [3.63, 3.8) is 0 Å². The highest BCUT2D eigenvalue weighted by atomic mass is 35.5. The quantitative estimate of drug-likeness (QED) is 0.607. The van der Waals surface area contributed by atoms with Gasteiger partial charge in [-0.1, -0.05) is 41.4 Å². The number of hydrogen-bond donors (Lipinski definition) is 2. The molecule has 1 aromatic heterocycles. The van der Waals surface area contributed by atoms with Crippen LogP contribution >= 0.6 is 11.6 Å². The number of hydrogen-bond acceptors (Lipinski definition) is 1. The van der Waals surface area contributed by atoms with E-state index in [1.165, 1.54) is 16.7 Å². The molecular weight excluding hydrogens is 358 g/mol. The molecule has 5 heteroatoms. The summed E-state index contributed by atoms with van der Waals surface area (Å²) in [5, 5.41) is 6.41. The molecular formula is C22H24ClN3O. The lowest BCUT2D eigenvalue weighted by atomic mass is 10.1. The van der Waals surface area contributed by atoms with Gasteiger partial charge in [0, 0.05) is 29.1 Å². The predicted octanol–water partition coefficient (Wildman–Crippen LogP) is 5.44. The van der Waals surface area contributed by atoms with E-state index >= 15 is 0 Å². The van der Waals surface area contributed by atoms with Crippen LogP contribution in [0.15, 0.2) is 54.7 Å². The normalized spacial score (nSPS) is 10.7. The van der Waals surface area contributed by atoms with Gasteiger partial charge in [-0.05, 0) is 61.7 Å². The molecule has 2 aromatic carbocycles. The predicted molar refractivity (Wildman–Crippen MR) is 111 cm³/mol. The first-order valence-corrected chi connectivity index (χ1v) is 9.32. The molecule has 0 aliphatic heterocycles. The van der Waals surface area contributed by atoms with Gasteiger partial charge >= 0.3 is 6.03 Å². The Labute approximate surface area is 165 Å². The van der Waals surface area contributed by atoms with E-state index in [1.807, 2.05) is 37.4 Å². The standard InChI is InChI=1S/C22H24ClN3O/c1-15-9-10-16(2)18(12-15)14-26-11-5-6-19(26)13-24-22(27)25-21-8-4-7-20(23)17(21)3/h4-12H,13-14H2,1-3H3,(H2,24,25,27). The van der Waals surface area contributed by atoms with E-state index in [1.54, 1.807) is 6.07 Å². The first kappa shape index (κ1) is 19.1. The van der Waals surface area contributed by atoms with Crippen molar-refractivity contribution in [1.82, 2.24) is 9.88 Å². The van der Waals surface area contributed by atoms with E-state index in [2.05, 4.69) is 47.2 Å². The van der Waals surface area contributed by atoms with E-state index in [4.69, 9.17) is 11.6 Å². The highest BCUT2D eigenvalue weighted by Crippen LogP contribution is 2.22. The highest BCUT2D eigenvalue weighted by Gasteiger charge is 2.09. The van der Waals surface area contributed by atoms with Crippen molar-refractivity contribution < 1.29 is 4.79 Å². The average Bonchev–Trinajstić information content (AvgIpc) is 3.07. The number of nitrogens with zero attached hydrogens (tertiary/aromatic N) is 1. The molecule has 0 aliphatic carbocycles. The van der Waals surface area contributed by atoms with Crippen LogP contribution < -0.4 is 10.6 Å². The molecule has 0 bridgehead atoms. The summed E-state index contributed by atoms with van der Waals surface area (Å²) in [6.45, 7) is 7.34. The second kappa shape index (κ2) is 8.31. The third-order valence-corrected chi connectivity index (χ3v) is 5.12. The van der Waals surface area contributed by atoms with Crippen molar-refractivity contribution in [3.05, 3.63) is 87.7 Å². The third kappa shape index (κ3) is 4.72. The van der Waals surface area contributed by atoms with E-state index in [0.29, 0.717) is 17.3 Å². The molecule has 3 rings (SSSR count). The highest BCUT2D eigenvalue weighted by molar-refractivity contribution is 6.31. The van der Waals surface area contributed by atoms with Crippen LogP contribution in [0, 0.1) is 20.8 Å². The molecule has 2 N–H and O–H groups in total. The average molecular weight is 382 g/mol. The van der Waals surface area contributed by atoms with Crippen molar-refractivity contribution >= 4 is 23.3 Å². The number of amides is 2. The summed E-state index contributed by atoms with van der Waals surface area (Å²) in [5.41, 5.74) is 6.42. The molecule has 0 fully saturated rings. The topological polar surface area (TPSA) is 46.1 Å². The van der Waals surface area contributed by atoms with Crippen LogP contribution in [0.3, 0.4) is 0 Å². The van der Waals surface area contributed by atoms with E-state index < -0.39 is 0 Å². The number of benzene rings is 2. The molecule has 0 saturated carbocycles. The number of urea groups is 1. The Bertz CT molecular complexity index is 962. The number of nitrogens with one attached hydrogen (secondary N) is 2. The maximum Gasteiger partial charge on any atom is 0.319 e. The fourth-order valence-electron chi connectivity index (χ4n) is 3.00. The third-order valence-electron chi connectivity index (χ3n) is 4.71. The van der Waals surface area contributed by atoms with E-state index in [-0.39, 0.29) is 6.03 Å². The van der Waals surface area contributed by atoms with Crippen LogP contribution in [0.1, 0.15) is 27.9 Å². The minimum Gasteiger partial charge on any atom is -0.345 e. The smallest absolute Gasteiger partial charge is 0.319 e. The summed E-state index contributed by atoms with van der Waals surface area (Å²) >= 11 is 6.10. The molecule has 0 saturated heterocycles. The number of carbonyl (C=O) groups is 1. The fraction of sp³-hybridized carbons (Fsp3) is 0.227. The Kier molecular flexibility index (Phi) is 5.87. The van der Waals surface area contributed by atoms with Crippen LogP contribution in [-0.2, 0) is 13.1 Å². The Morgan fingerprint density at radius 1 is 1.07 bits per heavy atom. The second-order valence-electron chi connectivity index (χ2n) is 6.78. The number of carbonyl (C=O) groups excluding carboxylic acids is 1. The van der Waals surface area contributed by atoms with Crippen LogP contribution in [0.25, 0.3) is 0 Å². The fourth-order valence-corrected chi connectivity index (χ4v) is 3.17. The lowest BCUT2D eigenvalue weighted by Crippen LogP contribution is -2.29. The lowest BCUT2D eigenvalue weighted by Gasteiger charge is -2.14. The summed E-state index contributed by atoms with van der Waals surface area (Å²) < 4.78 is 2.16. The van der Waals surface area contributed by atoms with Gasteiger partial charge in [-0.15, -0.1) is 0 Å². The molecule has 4 nitrogen and oxygen atoms in total. The zero-order valence-corrected chi connectivity index (χ0v) is 16.6. The van der Waals surface area contributed by atoms with Crippen LogP contribution in [0.2, 0.25) is 5.02 Å². The summed E-state index contributed by atoms with van der Waals surface area (Å²) in [6.07, 6.45) is 2.04. The molecule has 2 amide bonds. The summed E-state index contributed by atoms with van der Waals surface area (Å²) in [6, 6.07) is 15.7. The van der Waals surface area contributed by atoms with Gasteiger partial charge in [0.25, 0.3) is 0 Å². The number of aromatic nitrogens is 1. The first-order chi connectivity index (χ1) is 12.9. The molecule has 27 heavy (non-hydrogen) atoms. The van der Waals surface area contributed by atoms with Gasteiger partial charge in [-0.25, -0.2) is 4.79 Å². The van der Waals surface area contributed by atoms with Crippen molar-refractivity contribution in [3.8, 4) is 0 Å². The van der Waals surface area contributed by atoms with Gasteiger partial charge in [0.05, 0.1) is 6.54 Å². The molecule has 0 unspecified atom stereocenters. The Balaban J connectivity index is 1.64. The SMILES string of the molecule is Cc1ccc(C)c(Cn2cccc2CNC(=O)Nc2cccc(Cl)c2C)c1. The van der Waals surface area contributed by atoms with Gasteiger partial charge < -0.3 is 15.2 Å². The molecule has 0 spiro atoms. The van der Waals surface area contributed by atoms with Crippen LogP contribution in [-0.4, -0.2) is 10.6 Å². The molecule has 0 radical (unpaired) electrons. The van der Waals surface area contributed by atoms with Gasteiger partial charge in [0.1, 0.15) is 0 Å². The van der Waals surface area contributed by atoms with Gasteiger partial charge in [0.15, 0.2) is 0 Å². The molecule has 3 aromatic rings. The van der Waals surface area contributed by atoms with Gasteiger partial charge in [-0.3, -0.25) is 0 Å². The first-order valence-electron chi connectivity index (χ1n) is 8.94. The monoisotopic (exact) mass is 381 g/mol. The molecule has 0 atom stereocenters. The van der Waals surface area contributed by atoms with Gasteiger partial charge in [-0.2, -0.15) is 0 Å². The Morgan fingerprint density at radius 2 is 1.89 bits per heavy atom. The minimum absolute atomic E-state index is 0.250. The minimum atomic E-state index is -0.250. The number of halogens is 1. The Morgan fingerprint density at radius 3 is 2.70 bits per heavy atom. The zero-order valence-electron chi connectivity index (χ0n) is 15.8. The Hall–Kier alpha value is -2.72. The maximum absolute atomic E-state index is 12.3. The maximum atomic E-state index is 12.3. The van der Waals surface area contributed by atoms with Crippen LogP contribution in [0.4, 0.5) is 10.5 Å². The summed E-state index contributed by atoms with van der Waals surface area (Å²) in [4.78, 5) is 12.3. The lowest BCUT2D eigenvalue weighted by molar-refractivity contribution is 0.251. The van der Waals surface area contributed by atoms with Crippen molar-refractivity contribution in [2.75, 3.05) is 5.32 Å². The summed E-state index contributed by atoms with van der Waals surface area (Å²) in [7, 11) is 0. The summed E-state index contributed by atoms with van der Waals surface area (Å²) in [5.74, 6) is 0. The molecule has 1 heterocycles. The largest absolute Gasteiger partial charge is 0.345 e. The second-order valence-corrected chi connectivity index (χ2v) is 7.18.